The molecule has 84 valence electrons. The average molecular weight is 214 g/mol. The minimum absolute atomic E-state index is 0.0831. The quantitative estimate of drug-likeness (QED) is 0.489. The molecule has 0 saturated carbocycles. The van der Waals surface area contributed by atoms with Crippen LogP contribution in [0.25, 0.3) is 0 Å². The van der Waals surface area contributed by atoms with Gasteiger partial charge in [-0.1, -0.05) is 0 Å². The van der Waals surface area contributed by atoms with Gasteiger partial charge < -0.3 is 16.2 Å². The minimum atomic E-state index is -0.573. The van der Waals surface area contributed by atoms with Crippen LogP contribution >= 0.6 is 0 Å². The second-order valence-electron chi connectivity index (χ2n) is 2.91. The van der Waals surface area contributed by atoms with Crippen molar-refractivity contribution in [3.8, 4) is 0 Å². The Hall–Kier alpha value is -1.76. The van der Waals surface area contributed by atoms with Crippen molar-refractivity contribution in [2.45, 2.75) is 13.5 Å². The normalized spacial score (nSPS) is 10.3. The van der Waals surface area contributed by atoms with E-state index in [1.54, 1.807) is 6.92 Å². The van der Waals surface area contributed by atoms with E-state index < -0.39 is 11.2 Å². The predicted octanol–water partition coefficient (Wildman–Crippen LogP) is -1.46. The average Bonchev–Trinajstić information content (AvgIpc) is 2.17. The lowest BCUT2D eigenvalue weighted by Gasteiger charge is -2.11. The summed E-state index contributed by atoms with van der Waals surface area (Å²) >= 11 is 0. The second-order valence-corrected chi connectivity index (χ2v) is 2.91. The monoisotopic (exact) mass is 214 g/mol. The van der Waals surface area contributed by atoms with Crippen LogP contribution in [0.15, 0.2) is 9.59 Å². The molecule has 5 N–H and O–H groups in total. The zero-order valence-electron chi connectivity index (χ0n) is 8.41. The highest BCUT2D eigenvalue weighted by atomic mass is 16.3. The van der Waals surface area contributed by atoms with Gasteiger partial charge in [0.2, 0.25) is 0 Å². The van der Waals surface area contributed by atoms with Gasteiger partial charge in [-0.15, -0.1) is 0 Å². The van der Waals surface area contributed by atoms with E-state index in [2.05, 4.69) is 10.3 Å². The summed E-state index contributed by atoms with van der Waals surface area (Å²) in [5.41, 5.74) is 4.65. The van der Waals surface area contributed by atoms with E-state index in [0.717, 1.165) is 0 Å². The number of nitrogens with zero attached hydrogens (tertiary/aromatic N) is 1. The molecule has 0 aliphatic rings. The molecular weight excluding hydrogens is 200 g/mol. The Morgan fingerprint density at radius 3 is 2.73 bits per heavy atom. The molecule has 0 fully saturated rings. The highest BCUT2D eigenvalue weighted by molar-refractivity contribution is 5.60. The summed E-state index contributed by atoms with van der Waals surface area (Å²) in [4.78, 5) is 24.7. The van der Waals surface area contributed by atoms with Crippen LogP contribution in [0, 0.1) is 0 Å². The number of nitrogen functional groups attached to an aromatic ring is 1. The fourth-order valence-electron chi connectivity index (χ4n) is 1.25. The fourth-order valence-corrected chi connectivity index (χ4v) is 1.25. The van der Waals surface area contributed by atoms with Crippen molar-refractivity contribution in [2.75, 3.05) is 24.2 Å². The predicted molar refractivity (Wildman–Crippen MR) is 57.0 cm³/mol. The molecule has 15 heavy (non-hydrogen) atoms. The third-order valence-corrected chi connectivity index (χ3v) is 1.97. The molecule has 0 aliphatic heterocycles. The molecule has 0 amide bonds. The molecule has 0 spiro atoms. The first kappa shape index (κ1) is 11.3. The van der Waals surface area contributed by atoms with Gasteiger partial charge in [-0.25, -0.2) is 4.79 Å². The molecule has 0 aromatic carbocycles. The summed E-state index contributed by atoms with van der Waals surface area (Å²) < 4.78 is 1.24. The van der Waals surface area contributed by atoms with Crippen molar-refractivity contribution >= 4 is 11.5 Å². The third kappa shape index (κ3) is 2.18. The number of nitrogens with two attached hydrogens (primary N) is 1. The van der Waals surface area contributed by atoms with E-state index in [1.165, 1.54) is 4.57 Å². The zero-order chi connectivity index (χ0) is 11.4. The van der Waals surface area contributed by atoms with Crippen LogP contribution in [0.3, 0.4) is 0 Å². The van der Waals surface area contributed by atoms with E-state index >= 15 is 0 Å². The SMILES string of the molecule is CCn1c(N)c(NCCO)c(=O)[nH]c1=O. The number of anilines is 2. The minimum Gasteiger partial charge on any atom is -0.395 e. The highest BCUT2D eigenvalue weighted by Gasteiger charge is 2.09. The summed E-state index contributed by atoms with van der Waals surface area (Å²) in [6.45, 7) is 2.19. The summed E-state index contributed by atoms with van der Waals surface area (Å²) in [5.74, 6) is 0.0831. The second kappa shape index (κ2) is 4.65. The maximum Gasteiger partial charge on any atom is 0.330 e. The first-order valence-corrected chi connectivity index (χ1v) is 4.59. The summed E-state index contributed by atoms with van der Waals surface area (Å²) in [6.07, 6.45) is 0. The van der Waals surface area contributed by atoms with E-state index in [-0.39, 0.29) is 24.7 Å². The lowest BCUT2D eigenvalue weighted by Crippen LogP contribution is -2.34. The maximum atomic E-state index is 11.3. The van der Waals surface area contributed by atoms with Gasteiger partial charge in [0.05, 0.1) is 6.61 Å². The molecule has 0 atom stereocenters. The summed E-state index contributed by atoms with van der Waals surface area (Å²) in [6, 6.07) is 0. The molecule has 7 nitrogen and oxygen atoms in total. The maximum absolute atomic E-state index is 11.3. The molecule has 1 aromatic rings. The van der Waals surface area contributed by atoms with Crippen LogP contribution in [-0.2, 0) is 6.54 Å². The van der Waals surface area contributed by atoms with Crippen molar-refractivity contribution < 1.29 is 5.11 Å². The number of hydrogen-bond acceptors (Lipinski definition) is 5. The molecule has 0 radical (unpaired) electrons. The molecule has 7 heteroatoms. The zero-order valence-corrected chi connectivity index (χ0v) is 8.41. The number of aliphatic hydroxyl groups excluding tert-OH is 1. The van der Waals surface area contributed by atoms with Gasteiger partial charge in [0.25, 0.3) is 5.56 Å². The van der Waals surface area contributed by atoms with Gasteiger partial charge in [-0.2, -0.15) is 0 Å². The molecule has 0 unspecified atom stereocenters. The molecule has 0 saturated heterocycles. The van der Waals surface area contributed by atoms with E-state index in [9.17, 15) is 9.59 Å². The summed E-state index contributed by atoms with van der Waals surface area (Å²) in [5, 5.41) is 11.3. The number of hydrogen-bond donors (Lipinski definition) is 4. The van der Waals surface area contributed by atoms with Crippen LogP contribution in [0.5, 0.6) is 0 Å². The summed E-state index contributed by atoms with van der Waals surface area (Å²) in [7, 11) is 0. The van der Waals surface area contributed by atoms with Crippen LogP contribution in [-0.4, -0.2) is 27.8 Å². The third-order valence-electron chi connectivity index (χ3n) is 1.97. The van der Waals surface area contributed by atoms with Crippen molar-refractivity contribution in [1.29, 1.82) is 0 Å². The smallest absolute Gasteiger partial charge is 0.330 e. The highest BCUT2D eigenvalue weighted by Crippen LogP contribution is 2.08. The molecule has 1 rings (SSSR count). The topological polar surface area (TPSA) is 113 Å². The number of aromatic nitrogens is 2. The Kier molecular flexibility index (Phi) is 3.51. The molecular formula is C8H14N4O3. The van der Waals surface area contributed by atoms with Crippen LogP contribution < -0.4 is 22.3 Å². The molecule has 0 bridgehead atoms. The molecule has 0 aliphatic carbocycles. The van der Waals surface area contributed by atoms with Crippen LogP contribution in [0.4, 0.5) is 11.5 Å². The Bertz CT molecular complexity index is 448. The van der Waals surface area contributed by atoms with E-state index in [1.807, 2.05) is 0 Å². The fraction of sp³-hybridized carbons (Fsp3) is 0.500. The van der Waals surface area contributed by atoms with Gasteiger partial charge in [-0.3, -0.25) is 14.3 Å². The Morgan fingerprint density at radius 2 is 2.20 bits per heavy atom. The van der Waals surface area contributed by atoms with Gasteiger partial charge in [-0.05, 0) is 6.92 Å². The Balaban J connectivity index is 3.26. The van der Waals surface area contributed by atoms with Crippen molar-refractivity contribution in [3.63, 3.8) is 0 Å². The van der Waals surface area contributed by atoms with Gasteiger partial charge in [0, 0.05) is 13.1 Å². The number of aromatic amines is 1. The first-order chi connectivity index (χ1) is 7.11. The number of nitrogens with one attached hydrogen (secondary N) is 2. The number of aliphatic hydroxyl groups is 1. The van der Waals surface area contributed by atoms with E-state index in [0.29, 0.717) is 6.54 Å². The number of rotatable bonds is 4. The number of H-pyrrole nitrogens is 1. The Labute approximate surface area is 85.5 Å². The van der Waals surface area contributed by atoms with Crippen molar-refractivity contribution in [2.24, 2.45) is 0 Å². The van der Waals surface area contributed by atoms with Crippen LogP contribution in [0.1, 0.15) is 6.92 Å². The Morgan fingerprint density at radius 1 is 1.53 bits per heavy atom. The van der Waals surface area contributed by atoms with Crippen LogP contribution in [0.2, 0.25) is 0 Å². The van der Waals surface area contributed by atoms with Crippen molar-refractivity contribution in [3.05, 3.63) is 20.8 Å². The van der Waals surface area contributed by atoms with Gasteiger partial charge >= 0.3 is 5.69 Å². The first-order valence-electron chi connectivity index (χ1n) is 4.59. The molecule has 1 heterocycles. The standard InChI is InChI=1S/C8H14N4O3/c1-2-12-6(9)5(10-3-4-13)7(14)11-8(12)15/h10,13H,2-4,9H2,1H3,(H,11,14,15). The molecule has 1 aromatic heterocycles. The lowest BCUT2D eigenvalue weighted by molar-refractivity contribution is 0.311. The lowest BCUT2D eigenvalue weighted by atomic mass is 10.4. The largest absolute Gasteiger partial charge is 0.395 e. The van der Waals surface area contributed by atoms with Gasteiger partial charge in [0.15, 0.2) is 0 Å². The van der Waals surface area contributed by atoms with E-state index in [4.69, 9.17) is 10.8 Å². The van der Waals surface area contributed by atoms with Crippen molar-refractivity contribution in [1.82, 2.24) is 9.55 Å². The van der Waals surface area contributed by atoms with Gasteiger partial charge in [0.1, 0.15) is 11.5 Å².